The number of aryl methyl sites for hydroxylation is 2. The summed E-state index contributed by atoms with van der Waals surface area (Å²) in [6.45, 7) is 4.18. The fourth-order valence-electron chi connectivity index (χ4n) is 3.97. The number of ether oxygens (including phenoxy) is 1. The van der Waals surface area contributed by atoms with Crippen molar-refractivity contribution >= 4 is 30.0 Å². The number of halogens is 3. The maximum absolute atomic E-state index is 13.6. The molecule has 1 aliphatic rings. The Kier molecular flexibility index (Phi) is 7.88. The molecule has 0 saturated heterocycles. The normalized spacial score (nSPS) is 13.7. The summed E-state index contributed by atoms with van der Waals surface area (Å²) in [6.07, 6.45) is 9.05. The molecule has 1 fully saturated rings. The quantitative estimate of drug-likeness (QED) is 0.360. The maximum Gasteiger partial charge on any atom is 0.246 e. The molecule has 0 aliphatic heterocycles. The number of rotatable bonds is 8. The third-order valence-electron chi connectivity index (χ3n) is 5.85. The van der Waals surface area contributed by atoms with Gasteiger partial charge in [0.15, 0.2) is 0 Å². The minimum absolute atomic E-state index is 0. The van der Waals surface area contributed by atoms with Crippen LogP contribution in [0.4, 0.5) is 10.3 Å². The summed E-state index contributed by atoms with van der Waals surface area (Å²) in [5, 5.41) is 5.30. The van der Waals surface area contributed by atoms with Gasteiger partial charge in [-0.2, -0.15) is 4.98 Å². The molecule has 1 unspecified atom stereocenters. The Balaban J connectivity index is 0.00000306. The number of hydrogen-bond donors (Lipinski definition) is 0. The molecule has 0 N–H and O–H groups in total. The molecule has 1 aliphatic carbocycles. The minimum Gasteiger partial charge on any atom is -0.496 e. The highest BCUT2D eigenvalue weighted by atomic mass is 35.5. The van der Waals surface area contributed by atoms with E-state index in [9.17, 15) is 4.39 Å². The molecule has 2 aromatic carbocycles. The van der Waals surface area contributed by atoms with Gasteiger partial charge in [-0.05, 0) is 55.5 Å². The molecule has 8 heteroatoms. The lowest BCUT2D eigenvalue weighted by molar-refractivity contribution is 0.411. The summed E-state index contributed by atoms with van der Waals surface area (Å²) < 4.78 is 20.7. The number of terminal acetylenes is 1. The van der Waals surface area contributed by atoms with E-state index in [2.05, 4.69) is 5.92 Å². The van der Waals surface area contributed by atoms with E-state index in [0.717, 1.165) is 23.2 Å². The molecule has 1 atom stereocenters. The molecule has 4 rings (SSSR count). The molecule has 174 valence electrons. The van der Waals surface area contributed by atoms with Crippen LogP contribution in [-0.2, 0) is 0 Å². The minimum atomic E-state index is -0.259. The molecular weight excluding hydrogens is 462 g/mol. The first-order valence-electron chi connectivity index (χ1n) is 10.6. The van der Waals surface area contributed by atoms with Crippen LogP contribution in [0.1, 0.15) is 42.3 Å². The molecule has 0 radical (unpaired) electrons. The average Bonchev–Trinajstić information content (AvgIpc) is 3.52. The molecule has 1 aromatic heterocycles. The Labute approximate surface area is 205 Å². The Bertz CT molecular complexity index is 1150. The summed E-state index contributed by atoms with van der Waals surface area (Å²) in [4.78, 5) is 6.76. The number of methoxy groups -OCH3 is 1. The van der Waals surface area contributed by atoms with E-state index in [4.69, 9.17) is 32.8 Å². The standard InChI is InChI=1S/C25H26ClFN4O.ClH/c1-5-12-30(22(14-18-6-7-18)19-8-10-20(27)11-9-19)25-28-17(3)31(29-25)23-13-16(2)24(32-4)15-21(23)26;/h1,8-11,13,15,18,22H,6-7,12,14H2,2-4H3;1H. The Hall–Kier alpha value is -2.75. The highest BCUT2D eigenvalue weighted by Crippen LogP contribution is 2.41. The molecule has 0 bridgehead atoms. The number of hydrogen-bond acceptors (Lipinski definition) is 4. The lowest BCUT2D eigenvalue weighted by Gasteiger charge is -2.30. The third-order valence-corrected chi connectivity index (χ3v) is 6.16. The number of aromatic nitrogens is 3. The Morgan fingerprint density at radius 2 is 1.97 bits per heavy atom. The second kappa shape index (κ2) is 10.5. The lowest BCUT2D eigenvalue weighted by atomic mass is 9.99. The summed E-state index contributed by atoms with van der Waals surface area (Å²) >= 11 is 6.54. The van der Waals surface area contributed by atoms with Gasteiger partial charge in [0.05, 0.1) is 30.4 Å². The Morgan fingerprint density at radius 1 is 1.27 bits per heavy atom. The van der Waals surface area contributed by atoms with Crippen LogP contribution in [0.3, 0.4) is 0 Å². The van der Waals surface area contributed by atoms with Crippen molar-refractivity contribution in [2.75, 3.05) is 18.6 Å². The van der Waals surface area contributed by atoms with Crippen LogP contribution < -0.4 is 9.64 Å². The third kappa shape index (κ3) is 5.43. The van der Waals surface area contributed by atoms with Crippen molar-refractivity contribution in [2.24, 2.45) is 5.92 Å². The predicted octanol–water partition coefficient (Wildman–Crippen LogP) is 6.09. The molecule has 0 spiro atoms. The van der Waals surface area contributed by atoms with Gasteiger partial charge in [0.1, 0.15) is 17.4 Å². The smallest absolute Gasteiger partial charge is 0.246 e. The van der Waals surface area contributed by atoms with Gasteiger partial charge in [0.25, 0.3) is 0 Å². The monoisotopic (exact) mass is 488 g/mol. The van der Waals surface area contributed by atoms with Crippen LogP contribution in [0.2, 0.25) is 5.02 Å². The van der Waals surface area contributed by atoms with Crippen LogP contribution in [0.15, 0.2) is 36.4 Å². The highest BCUT2D eigenvalue weighted by molar-refractivity contribution is 6.32. The first-order chi connectivity index (χ1) is 15.4. The fraction of sp³-hybridized carbons (Fsp3) is 0.360. The van der Waals surface area contributed by atoms with E-state index in [1.807, 2.05) is 36.9 Å². The van der Waals surface area contributed by atoms with Crippen molar-refractivity contribution in [3.8, 4) is 23.8 Å². The molecular formula is C25H27Cl2FN4O. The summed E-state index contributed by atoms with van der Waals surface area (Å²) in [6, 6.07) is 10.3. The van der Waals surface area contributed by atoms with Gasteiger partial charge >= 0.3 is 0 Å². The largest absolute Gasteiger partial charge is 0.496 e. The molecule has 5 nitrogen and oxygen atoms in total. The molecule has 3 aromatic rings. The van der Waals surface area contributed by atoms with Gasteiger partial charge in [-0.15, -0.1) is 23.9 Å². The fourth-order valence-corrected chi connectivity index (χ4v) is 4.21. The zero-order chi connectivity index (χ0) is 22.8. The van der Waals surface area contributed by atoms with Gasteiger partial charge in [-0.1, -0.05) is 42.5 Å². The molecule has 1 saturated carbocycles. The van der Waals surface area contributed by atoms with Crippen molar-refractivity contribution in [2.45, 2.75) is 39.2 Å². The van der Waals surface area contributed by atoms with Gasteiger partial charge in [-0.25, -0.2) is 9.07 Å². The zero-order valence-electron chi connectivity index (χ0n) is 18.9. The molecule has 0 amide bonds. The van der Waals surface area contributed by atoms with E-state index in [1.165, 1.54) is 25.0 Å². The van der Waals surface area contributed by atoms with Crippen molar-refractivity contribution in [3.05, 3.63) is 64.2 Å². The topological polar surface area (TPSA) is 43.2 Å². The van der Waals surface area contributed by atoms with Gasteiger partial charge in [-0.3, -0.25) is 0 Å². The maximum atomic E-state index is 13.6. The summed E-state index contributed by atoms with van der Waals surface area (Å²) in [5.41, 5.74) is 2.67. The van der Waals surface area contributed by atoms with Crippen molar-refractivity contribution in [1.82, 2.24) is 14.8 Å². The SMILES string of the molecule is C#CCN(c1nc(C)n(-c2cc(C)c(OC)cc2Cl)n1)C(CC1CC1)c1ccc(F)cc1.Cl. The van der Waals surface area contributed by atoms with Crippen LogP contribution in [0.5, 0.6) is 5.75 Å². The van der Waals surface area contributed by atoms with E-state index < -0.39 is 0 Å². The first-order valence-corrected chi connectivity index (χ1v) is 11.0. The van der Waals surface area contributed by atoms with E-state index in [1.54, 1.807) is 17.9 Å². The van der Waals surface area contributed by atoms with Gasteiger partial charge in [0, 0.05) is 6.07 Å². The zero-order valence-corrected chi connectivity index (χ0v) is 20.5. The number of anilines is 1. The number of benzene rings is 2. The molecule has 33 heavy (non-hydrogen) atoms. The van der Waals surface area contributed by atoms with E-state index in [-0.39, 0.29) is 24.3 Å². The van der Waals surface area contributed by atoms with Crippen LogP contribution >= 0.6 is 24.0 Å². The number of nitrogens with zero attached hydrogens (tertiary/aromatic N) is 4. The summed E-state index contributed by atoms with van der Waals surface area (Å²) in [5.74, 6) is 5.05. The van der Waals surface area contributed by atoms with E-state index in [0.29, 0.717) is 35.0 Å². The van der Waals surface area contributed by atoms with Crippen molar-refractivity contribution < 1.29 is 9.13 Å². The van der Waals surface area contributed by atoms with Crippen molar-refractivity contribution in [1.29, 1.82) is 0 Å². The summed E-state index contributed by atoms with van der Waals surface area (Å²) in [7, 11) is 1.62. The van der Waals surface area contributed by atoms with Crippen LogP contribution in [0, 0.1) is 37.9 Å². The van der Waals surface area contributed by atoms with Crippen LogP contribution in [-0.4, -0.2) is 28.4 Å². The average molecular weight is 489 g/mol. The lowest BCUT2D eigenvalue weighted by Crippen LogP contribution is -2.31. The Morgan fingerprint density at radius 3 is 2.58 bits per heavy atom. The second-order valence-corrected chi connectivity index (χ2v) is 8.63. The second-order valence-electron chi connectivity index (χ2n) is 8.22. The van der Waals surface area contributed by atoms with E-state index >= 15 is 0 Å². The highest BCUT2D eigenvalue weighted by Gasteiger charge is 2.32. The van der Waals surface area contributed by atoms with Gasteiger partial charge < -0.3 is 9.64 Å². The van der Waals surface area contributed by atoms with Crippen LogP contribution in [0.25, 0.3) is 5.69 Å². The van der Waals surface area contributed by atoms with Crippen molar-refractivity contribution in [3.63, 3.8) is 0 Å². The van der Waals surface area contributed by atoms with Gasteiger partial charge in [0.2, 0.25) is 5.95 Å². The predicted molar refractivity (Wildman–Crippen MR) is 132 cm³/mol. The molecule has 1 heterocycles. The first kappa shape index (κ1) is 24.9.